The number of benzene rings is 3. The molecule has 5 rings (SSSR count). The molecule has 1 aliphatic heterocycles. The summed E-state index contributed by atoms with van der Waals surface area (Å²) in [6.07, 6.45) is -4.60. The first-order chi connectivity index (χ1) is 13.8. The maximum atomic E-state index is 15.0. The number of aromatic nitrogens is 1. The smallest absolute Gasteiger partial charge is 0.351 e. The lowest BCUT2D eigenvalue weighted by Crippen LogP contribution is -2.56. The molecule has 0 fully saturated rings. The van der Waals surface area contributed by atoms with Gasteiger partial charge in [-0.05, 0) is 36.8 Å². The molecule has 1 aromatic heterocycles. The largest absolute Gasteiger partial charge is 0.435 e. The van der Waals surface area contributed by atoms with Gasteiger partial charge in [-0.15, -0.1) is 0 Å². The van der Waals surface area contributed by atoms with Crippen molar-refractivity contribution in [3.8, 4) is 11.3 Å². The van der Waals surface area contributed by atoms with Crippen LogP contribution in [-0.2, 0) is 5.66 Å². The zero-order chi connectivity index (χ0) is 20.4. The number of alkyl halides is 3. The Labute approximate surface area is 174 Å². The van der Waals surface area contributed by atoms with Crippen LogP contribution in [0.1, 0.15) is 11.1 Å². The predicted molar refractivity (Wildman–Crippen MR) is 113 cm³/mol. The molecule has 4 aromatic rings. The fraction of sp³-hybridized carbons (Fsp3) is 0.130. The molecule has 6 heteroatoms. The van der Waals surface area contributed by atoms with Gasteiger partial charge in [-0.2, -0.15) is 13.2 Å². The molecule has 2 heterocycles. The van der Waals surface area contributed by atoms with Gasteiger partial charge in [-0.1, -0.05) is 64.5 Å². The van der Waals surface area contributed by atoms with Crippen LogP contribution in [0, 0.1) is 6.92 Å². The number of para-hydroxylation sites is 1. The highest BCUT2D eigenvalue weighted by Gasteiger charge is 2.61. The predicted octanol–water partition coefficient (Wildman–Crippen LogP) is 7.07. The van der Waals surface area contributed by atoms with Crippen LogP contribution in [0.2, 0.25) is 0 Å². The molecule has 2 nitrogen and oxygen atoms in total. The monoisotopic (exact) mass is 456 g/mol. The molecule has 0 saturated heterocycles. The van der Waals surface area contributed by atoms with Crippen LogP contribution >= 0.6 is 15.9 Å². The molecule has 0 bridgehead atoms. The summed E-state index contributed by atoms with van der Waals surface area (Å²) in [4.78, 5) is 0. The summed E-state index contributed by atoms with van der Waals surface area (Å²) in [6.45, 7) is 1.88. The molecule has 0 saturated carbocycles. The summed E-state index contributed by atoms with van der Waals surface area (Å²) in [7, 11) is 0. The molecule has 0 aliphatic carbocycles. The topological polar surface area (TPSA) is 17.0 Å². The van der Waals surface area contributed by atoms with E-state index in [1.54, 1.807) is 42.5 Å². The molecular formula is C23H16BrF3N2. The van der Waals surface area contributed by atoms with E-state index in [-0.39, 0.29) is 5.56 Å². The summed E-state index contributed by atoms with van der Waals surface area (Å²) in [6, 6.07) is 20.6. The third-order valence-electron chi connectivity index (χ3n) is 5.62. The lowest BCUT2D eigenvalue weighted by Gasteiger charge is -2.44. The van der Waals surface area contributed by atoms with Gasteiger partial charge in [0.2, 0.25) is 5.66 Å². The Kier molecular flexibility index (Phi) is 3.87. The van der Waals surface area contributed by atoms with Gasteiger partial charge in [0.1, 0.15) is 0 Å². The maximum absolute atomic E-state index is 15.0. The van der Waals surface area contributed by atoms with Gasteiger partial charge in [0.15, 0.2) is 0 Å². The second-order valence-corrected chi connectivity index (χ2v) is 8.13. The van der Waals surface area contributed by atoms with E-state index in [0.717, 1.165) is 21.0 Å². The van der Waals surface area contributed by atoms with E-state index in [4.69, 9.17) is 0 Å². The van der Waals surface area contributed by atoms with E-state index in [2.05, 4.69) is 21.2 Å². The van der Waals surface area contributed by atoms with Crippen molar-refractivity contribution in [2.24, 2.45) is 0 Å². The first-order valence-electron chi connectivity index (χ1n) is 9.15. The Morgan fingerprint density at radius 2 is 1.62 bits per heavy atom. The van der Waals surface area contributed by atoms with Crippen LogP contribution < -0.4 is 5.32 Å². The quantitative estimate of drug-likeness (QED) is 0.324. The summed E-state index contributed by atoms with van der Waals surface area (Å²) in [5.74, 6) is 0. The van der Waals surface area contributed by atoms with Gasteiger partial charge in [0, 0.05) is 26.7 Å². The molecule has 1 unspecified atom stereocenters. The molecule has 1 atom stereocenters. The third kappa shape index (κ3) is 2.42. The Bertz CT molecular complexity index is 1240. The van der Waals surface area contributed by atoms with E-state index in [1.165, 1.54) is 16.7 Å². The fourth-order valence-corrected chi connectivity index (χ4v) is 4.74. The van der Waals surface area contributed by atoms with Crippen LogP contribution in [0.4, 0.5) is 18.9 Å². The van der Waals surface area contributed by atoms with E-state index >= 15 is 0 Å². The highest BCUT2D eigenvalue weighted by molar-refractivity contribution is 9.10. The van der Waals surface area contributed by atoms with Crippen LogP contribution in [0.5, 0.6) is 0 Å². The highest BCUT2D eigenvalue weighted by Crippen LogP contribution is 2.53. The number of hydrogen-bond acceptors (Lipinski definition) is 1. The van der Waals surface area contributed by atoms with Gasteiger partial charge in [-0.25, -0.2) is 0 Å². The first kappa shape index (κ1) is 18.3. The molecule has 0 spiro atoms. The number of nitrogens with one attached hydrogen (secondary N) is 1. The van der Waals surface area contributed by atoms with Gasteiger partial charge in [0.05, 0.1) is 11.2 Å². The minimum absolute atomic E-state index is 0.142. The Morgan fingerprint density at radius 1 is 0.931 bits per heavy atom. The van der Waals surface area contributed by atoms with E-state index < -0.39 is 11.8 Å². The molecule has 0 radical (unpaired) electrons. The van der Waals surface area contributed by atoms with Crippen molar-refractivity contribution in [1.29, 1.82) is 0 Å². The lowest BCUT2D eigenvalue weighted by atomic mass is 9.92. The van der Waals surface area contributed by atoms with Crippen LogP contribution in [-0.4, -0.2) is 10.7 Å². The maximum Gasteiger partial charge on any atom is 0.435 e. The van der Waals surface area contributed by atoms with Crippen molar-refractivity contribution in [3.05, 3.63) is 88.4 Å². The summed E-state index contributed by atoms with van der Waals surface area (Å²) >= 11 is 3.46. The molecule has 146 valence electrons. The Morgan fingerprint density at radius 3 is 2.34 bits per heavy atom. The Hall–Kier alpha value is -2.73. The fourth-order valence-electron chi connectivity index (χ4n) is 4.38. The van der Waals surface area contributed by atoms with Crippen LogP contribution in [0.15, 0.2) is 77.3 Å². The van der Waals surface area contributed by atoms with Gasteiger partial charge < -0.3 is 9.88 Å². The van der Waals surface area contributed by atoms with Gasteiger partial charge in [-0.3, -0.25) is 0 Å². The SMILES string of the molecule is Cc1c2n(c3ccc(Br)cc13)C(c1ccccc1)(C(F)(F)F)Nc1ccccc1-2. The number of halogens is 4. The molecule has 0 amide bonds. The second-order valence-electron chi connectivity index (χ2n) is 7.22. The molecular weight excluding hydrogens is 441 g/mol. The number of hydrogen-bond donors (Lipinski definition) is 1. The van der Waals surface area contributed by atoms with E-state index in [9.17, 15) is 13.2 Å². The molecule has 3 aromatic carbocycles. The number of aryl methyl sites for hydroxylation is 1. The van der Waals surface area contributed by atoms with Crippen molar-refractivity contribution in [3.63, 3.8) is 0 Å². The zero-order valence-corrected chi connectivity index (χ0v) is 17.0. The van der Waals surface area contributed by atoms with Gasteiger partial charge in [0.25, 0.3) is 0 Å². The van der Waals surface area contributed by atoms with Crippen molar-refractivity contribution in [2.45, 2.75) is 18.8 Å². The average Bonchev–Trinajstić information content (AvgIpc) is 3.00. The minimum Gasteiger partial charge on any atom is -0.351 e. The number of anilines is 1. The molecule has 1 aliphatic rings. The van der Waals surface area contributed by atoms with Crippen molar-refractivity contribution < 1.29 is 13.2 Å². The Balaban J connectivity index is 2.02. The third-order valence-corrected chi connectivity index (χ3v) is 6.11. The standard InChI is InChI=1S/C23H16BrF3N2/c1-14-18-13-16(24)11-12-20(18)29-21(14)17-9-5-6-10-19(17)28-22(29,23(25,26)27)15-7-3-2-4-8-15/h2-13,28H,1H3. The van der Waals surface area contributed by atoms with Gasteiger partial charge >= 0.3 is 6.18 Å². The van der Waals surface area contributed by atoms with E-state index in [0.29, 0.717) is 16.9 Å². The summed E-state index contributed by atoms with van der Waals surface area (Å²) < 4.78 is 47.2. The lowest BCUT2D eigenvalue weighted by molar-refractivity contribution is -0.189. The van der Waals surface area contributed by atoms with Crippen molar-refractivity contribution in [1.82, 2.24) is 4.57 Å². The van der Waals surface area contributed by atoms with Crippen LogP contribution in [0.3, 0.4) is 0 Å². The van der Waals surface area contributed by atoms with E-state index in [1.807, 2.05) is 25.1 Å². The van der Waals surface area contributed by atoms with Crippen molar-refractivity contribution >= 4 is 32.5 Å². The van der Waals surface area contributed by atoms with Crippen LogP contribution in [0.25, 0.3) is 22.2 Å². The number of fused-ring (bicyclic) bond motifs is 5. The normalized spacial score (nSPS) is 18.2. The zero-order valence-electron chi connectivity index (χ0n) is 15.4. The summed E-state index contributed by atoms with van der Waals surface area (Å²) in [5.41, 5.74) is 0.873. The number of rotatable bonds is 1. The molecule has 29 heavy (non-hydrogen) atoms. The highest BCUT2D eigenvalue weighted by atomic mass is 79.9. The average molecular weight is 457 g/mol. The van der Waals surface area contributed by atoms with Crippen molar-refractivity contribution in [2.75, 3.05) is 5.32 Å². The second kappa shape index (κ2) is 6.13. The number of nitrogens with zero attached hydrogens (tertiary/aromatic N) is 1. The first-order valence-corrected chi connectivity index (χ1v) is 9.95. The molecule has 1 N–H and O–H groups in total. The summed E-state index contributed by atoms with van der Waals surface area (Å²) in [5, 5.41) is 3.66. The minimum atomic E-state index is -4.60.